The number of allylic oxidation sites excluding steroid dienone is 1. The molecule has 0 radical (unpaired) electrons. The molecule has 0 spiro atoms. The predicted molar refractivity (Wildman–Crippen MR) is 151 cm³/mol. The highest BCUT2D eigenvalue weighted by atomic mass is 19.1. The average molecular weight is 583 g/mol. The van der Waals surface area contributed by atoms with Crippen molar-refractivity contribution in [1.82, 2.24) is 5.16 Å². The second-order valence-electron chi connectivity index (χ2n) is 11.2. The lowest BCUT2D eigenvalue weighted by Crippen LogP contribution is -2.56. The number of carbonyl (C=O) groups is 2. The van der Waals surface area contributed by atoms with E-state index in [0.29, 0.717) is 0 Å². The van der Waals surface area contributed by atoms with Crippen LogP contribution in [0, 0.1) is 17.7 Å². The van der Waals surface area contributed by atoms with Gasteiger partial charge in [0.2, 0.25) is 5.78 Å². The molecule has 4 aromatic rings. The maximum Gasteiger partial charge on any atom is 0.265 e. The summed E-state index contributed by atoms with van der Waals surface area (Å²) < 4.78 is 32.4. The highest BCUT2D eigenvalue weighted by Crippen LogP contribution is 2.52. The van der Waals surface area contributed by atoms with Crippen LogP contribution >= 0.6 is 0 Å². The minimum absolute atomic E-state index is 0.00833. The van der Waals surface area contributed by atoms with Gasteiger partial charge in [-0.1, -0.05) is 60.7 Å². The number of aromatic nitrogens is 1. The molecule has 0 saturated heterocycles. The first-order chi connectivity index (χ1) is 20.8. The van der Waals surface area contributed by atoms with E-state index >= 15 is 4.39 Å². The van der Waals surface area contributed by atoms with E-state index in [1.54, 1.807) is 0 Å². The van der Waals surface area contributed by atoms with Gasteiger partial charge < -0.3 is 29.9 Å². The van der Waals surface area contributed by atoms with Crippen LogP contribution in [0.1, 0.15) is 49.6 Å². The molecule has 1 aromatic heterocycles. The lowest BCUT2D eigenvalue weighted by Gasteiger charge is -2.45. The summed E-state index contributed by atoms with van der Waals surface area (Å²) in [4.78, 5) is 27.9. The van der Waals surface area contributed by atoms with Gasteiger partial charge in [-0.25, -0.2) is 4.39 Å². The predicted octanol–water partition coefficient (Wildman–Crippen LogP) is 4.91. The molecule has 3 atom stereocenters. The lowest BCUT2D eigenvalue weighted by atomic mass is 9.60. The third kappa shape index (κ3) is 4.20. The number of nitrogen functional groups attached to an aromatic ring is 1. The molecule has 4 N–H and O–H groups in total. The maximum atomic E-state index is 15.3. The zero-order valence-electron chi connectivity index (χ0n) is 22.9. The third-order valence-corrected chi connectivity index (χ3v) is 8.65. The van der Waals surface area contributed by atoms with Gasteiger partial charge in [0.25, 0.3) is 5.88 Å². The van der Waals surface area contributed by atoms with Crippen LogP contribution in [-0.4, -0.2) is 32.5 Å². The maximum absolute atomic E-state index is 15.3. The van der Waals surface area contributed by atoms with Crippen molar-refractivity contribution >= 4 is 17.3 Å². The Morgan fingerprint density at radius 3 is 2.30 bits per heavy atom. The number of Topliss-reactive ketones (excluding diaryl/α,β-unsaturated/α-hetero) is 2. The van der Waals surface area contributed by atoms with E-state index < -0.39 is 40.6 Å². The number of ether oxygens (including phenoxy) is 2. The summed E-state index contributed by atoms with van der Waals surface area (Å²) in [5.41, 5.74) is 5.03. The number of ketones is 2. The quantitative estimate of drug-likeness (QED) is 0.270. The second kappa shape index (κ2) is 10.1. The fourth-order valence-electron chi connectivity index (χ4n) is 6.53. The molecule has 3 aromatic carbocycles. The standard InChI is InChI=1S/C33H27FN2O7/c34-22-14-23(35)29(41-15-17-7-3-1-4-8-17)26-21(22)12-19-11-20-13-24-27(31(39)33(20,40)30(38)25(19)28(26)37)32(36-43-24)42-16-18-9-5-2-6-10-18/h1-10,14,19-20,38,40H,11-13,15-16,35H2/t19?,20?,33-/m0/s1. The van der Waals surface area contributed by atoms with E-state index in [9.17, 15) is 19.8 Å². The first-order valence-corrected chi connectivity index (χ1v) is 14.0. The first-order valence-electron chi connectivity index (χ1n) is 14.0. The van der Waals surface area contributed by atoms with Crippen molar-refractivity contribution in [2.75, 3.05) is 5.73 Å². The molecule has 0 bridgehead atoms. The van der Waals surface area contributed by atoms with Gasteiger partial charge in [-0.2, -0.15) is 0 Å². The molecule has 0 aliphatic heterocycles. The number of aliphatic hydroxyl groups is 2. The van der Waals surface area contributed by atoms with Crippen molar-refractivity contribution < 1.29 is 38.2 Å². The number of aliphatic hydroxyl groups excluding tert-OH is 1. The summed E-state index contributed by atoms with van der Waals surface area (Å²) in [6.07, 6.45) is 0.227. The molecule has 2 unspecified atom stereocenters. The monoisotopic (exact) mass is 582 g/mol. The smallest absolute Gasteiger partial charge is 0.265 e. The average Bonchev–Trinajstić information content (AvgIpc) is 3.42. The zero-order valence-corrected chi connectivity index (χ0v) is 22.9. The number of rotatable bonds is 6. The van der Waals surface area contributed by atoms with E-state index in [4.69, 9.17) is 19.7 Å². The topological polar surface area (TPSA) is 145 Å². The number of fused-ring (bicyclic) bond motifs is 4. The fraction of sp³-hybridized carbons (Fsp3) is 0.242. The van der Waals surface area contributed by atoms with Gasteiger partial charge >= 0.3 is 0 Å². The van der Waals surface area contributed by atoms with Crippen LogP contribution in [0.4, 0.5) is 10.1 Å². The van der Waals surface area contributed by atoms with Crippen molar-refractivity contribution in [3.05, 3.63) is 117 Å². The highest BCUT2D eigenvalue weighted by molar-refractivity contribution is 6.16. The summed E-state index contributed by atoms with van der Waals surface area (Å²) in [6, 6.07) is 19.5. The van der Waals surface area contributed by atoms with Gasteiger partial charge in [0.15, 0.2) is 22.9 Å². The Balaban J connectivity index is 1.26. The van der Waals surface area contributed by atoms with Crippen LogP contribution in [0.15, 0.2) is 82.6 Å². The van der Waals surface area contributed by atoms with Crippen LogP contribution in [-0.2, 0) is 26.1 Å². The Kier molecular flexibility index (Phi) is 6.32. The van der Waals surface area contributed by atoms with E-state index in [1.807, 2.05) is 60.7 Å². The lowest BCUT2D eigenvalue weighted by molar-refractivity contribution is -0.0258. The molecule has 0 amide bonds. The highest BCUT2D eigenvalue weighted by Gasteiger charge is 2.60. The van der Waals surface area contributed by atoms with Gasteiger partial charge in [0, 0.05) is 29.5 Å². The summed E-state index contributed by atoms with van der Waals surface area (Å²) in [5.74, 6) is -4.42. The van der Waals surface area contributed by atoms with Crippen LogP contribution in [0.3, 0.4) is 0 Å². The fourth-order valence-corrected chi connectivity index (χ4v) is 6.53. The number of anilines is 1. The van der Waals surface area contributed by atoms with Crippen LogP contribution in [0.5, 0.6) is 11.6 Å². The van der Waals surface area contributed by atoms with E-state index in [2.05, 4.69) is 5.16 Å². The number of nitrogens with two attached hydrogens (primary N) is 1. The number of hydrogen-bond acceptors (Lipinski definition) is 9. The normalized spacial score (nSPS) is 22.4. The number of hydrogen-bond donors (Lipinski definition) is 3. The van der Waals surface area contributed by atoms with Crippen molar-refractivity contribution in [2.45, 2.75) is 38.1 Å². The molecule has 218 valence electrons. The van der Waals surface area contributed by atoms with E-state index in [-0.39, 0.29) is 77.8 Å². The third-order valence-electron chi connectivity index (χ3n) is 8.65. The van der Waals surface area contributed by atoms with Gasteiger partial charge in [0.1, 0.15) is 30.4 Å². The number of nitrogens with zero attached hydrogens (tertiary/aromatic N) is 1. The van der Waals surface area contributed by atoms with Crippen LogP contribution in [0.2, 0.25) is 0 Å². The van der Waals surface area contributed by atoms with Gasteiger partial charge in [0.05, 0.1) is 11.3 Å². The van der Waals surface area contributed by atoms with Crippen molar-refractivity contribution in [3.63, 3.8) is 0 Å². The molecule has 1 heterocycles. The second-order valence-corrected chi connectivity index (χ2v) is 11.2. The van der Waals surface area contributed by atoms with Gasteiger partial charge in [-0.05, 0) is 35.0 Å². The number of halogens is 1. The Labute approximate surface area is 245 Å². The summed E-state index contributed by atoms with van der Waals surface area (Å²) >= 11 is 0. The SMILES string of the molecule is Nc1cc(F)c2c(c1OCc1ccccc1)C(=O)C1=C(O)[C@]3(O)C(=O)c4c(OCc5ccccc5)noc4CC3CC1C2. The molecule has 9 nitrogen and oxygen atoms in total. The van der Waals surface area contributed by atoms with Crippen molar-refractivity contribution in [2.24, 2.45) is 11.8 Å². The molecule has 0 fully saturated rings. The van der Waals surface area contributed by atoms with Crippen LogP contribution < -0.4 is 15.2 Å². The summed E-state index contributed by atoms with van der Waals surface area (Å²) in [5, 5.41) is 27.3. The minimum Gasteiger partial charge on any atom is -0.508 e. The molecule has 3 aliphatic rings. The largest absolute Gasteiger partial charge is 0.508 e. The Hall–Kier alpha value is -4.96. The molecular weight excluding hydrogens is 555 g/mol. The summed E-state index contributed by atoms with van der Waals surface area (Å²) in [6.45, 7) is 0.162. The van der Waals surface area contributed by atoms with Crippen molar-refractivity contribution in [1.29, 1.82) is 0 Å². The van der Waals surface area contributed by atoms with Crippen LogP contribution in [0.25, 0.3) is 0 Å². The minimum atomic E-state index is -2.42. The molecule has 10 heteroatoms. The molecule has 43 heavy (non-hydrogen) atoms. The molecule has 3 aliphatic carbocycles. The first kappa shape index (κ1) is 26.9. The summed E-state index contributed by atoms with van der Waals surface area (Å²) in [7, 11) is 0. The molecule has 7 rings (SSSR count). The zero-order chi connectivity index (χ0) is 29.9. The Morgan fingerprint density at radius 2 is 1.63 bits per heavy atom. The Morgan fingerprint density at radius 1 is 0.977 bits per heavy atom. The van der Waals surface area contributed by atoms with E-state index in [1.165, 1.54) is 0 Å². The molecule has 0 saturated carbocycles. The Bertz CT molecular complexity index is 1800. The molecular formula is C33H27FN2O7. The number of benzene rings is 3. The van der Waals surface area contributed by atoms with Gasteiger partial charge in [-0.15, -0.1) is 0 Å². The number of carbonyl (C=O) groups excluding carboxylic acids is 2. The van der Waals surface area contributed by atoms with Crippen molar-refractivity contribution in [3.8, 4) is 11.6 Å². The van der Waals surface area contributed by atoms with Gasteiger partial charge in [-0.3, -0.25) is 9.59 Å². The van der Waals surface area contributed by atoms with E-state index in [0.717, 1.165) is 17.2 Å².